The molecule has 2 N–H and O–H groups in total. The lowest BCUT2D eigenvalue weighted by molar-refractivity contribution is 0.435. The van der Waals surface area contributed by atoms with Gasteiger partial charge in [-0.2, -0.15) is 11.8 Å². The Labute approximate surface area is 126 Å². The summed E-state index contributed by atoms with van der Waals surface area (Å²) in [6, 6.07) is 13.5. The van der Waals surface area contributed by atoms with Gasteiger partial charge in [0.25, 0.3) is 0 Å². The zero-order chi connectivity index (χ0) is 14.8. The molecule has 2 aromatic carbocycles. The zero-order valence-corrected chi connectivity index (χ0v) is 12.5. The van der Waals surface area contributed by atoms with Crippen LogP contribution in [0.5, 0.6) is 5.88 Å². The van der Waals surface area contributed by atoms with Crippen molar-refractivity contribution >= 4 is 22.5 Å². The van der Waals surface area contributed by atoms with Crippen LogP contribution in [0.2, 0.25) is 0 Å². The number of thioether (sulfide) groups is 1. The second-order valence-electron chi connectivity index (χ2n) is 4.81. The second kappa shape index (κ2) is 5.69. The summed E-state index contributed by atoms with van der Waals surface area (Å²) in [4.78, 5) is 15.0. The molecule has 0 fully saturated rings. The summed E-state index contributed by atoms with van der Waals surface area (Å²) in [5.74, 6) is 0.855. The lowest BCUT2D eigenvalue weighted by atomic mass is 10.1. The Bertz CT molecular complexity index is 830. The largest absolute Gasteiger partial charge is 0.493 e. The van der Waals surface area contributed by atoms with Crippen LogP contribution in [-0.4, -0.2) is 26.7 Å². The first-order chi connectivity index (χ1) is 10.2. The highest BCUT2D eigenvalue weighted by Crippen LogP contribution is 2.26. The van der Waals surface area contributed by atoms with E-state index in [-0.39, 0.29) is 11.6 Å². The number of benzene rings is 2. The van der Waals surface area contributed by atoms with E-state index in [0.717, 1.165) is 16.5 Å². The summed E-state index contributed by atoms with van der Waals surface area (Å²) in [7, 11) is 0. The number of aromatic nitrogens is 2. The quantitative estimate of drug-likeness (QED) is 0.779. The van der Waals surface area contributed by atoms with Crippen LogP contribution in [0.4, 0.5) is 0 Å². The Balaban J connectivity index is 2.19. The summed E-state index contributed by atoms with van der Waals surface area (Å²) in [5.41, 5.74) is 0.976. The molecule has 0 saturated heterocycles. The van der Waals surface area contributed by atoms with Gasteiger partial charge < -0.3 is 10.1 Å². The van der Waals surface area contributed by atoms with E-state index in [1.165, 1.54) is 4.57 Å². The average Bonchev–Trinajstić information content (AvgIpc) is 2.79. The molecule has 0 spiro atoms. The smallest absolute Gasteiger partial charge is 0.333 e. The van der Waals surface area contributed by atoms with Crippen LogP contribution in [0, 0.1) is 0 Å². The highest BCUT2D eigenvalue weighted by atomic mass is 32.2. The lowest BCUT2D eigenvalue weighted by Crippen LogP contribution is -2.14. The lowest BCUT2D eigenvalue weighted by Gasteiger charge is -2.08. The number of rotatable bonds is 4. The SMILES string of the molecule is CSCCc1[nH]c(=O)n(-c2cccc3ccccc23)c1O. The number of H-pyrrole nitrogens is 1. The molecule has 0 amide bonds. The summed E-state index contributed by atoms with van der Waals surface area (Å²) < 4.78 is 1.35. The van der Waals surface area contributed by atoms with Gasteiger partial charge in [-0.3, -0.25) is 0 Å². The number of aryl methyl sites for hydroxylation is 1. The predicted molar refractivity (Wildman–Crippen MR) is 87.6 cm³/mol. The molecule has 0 aliphatic carbocycles. The maximum atomic E-state index is 12.2. The first-order valence-electron chi connectivity index (χ1n) is 6.72. The molecular formula is C16H16N2O2S. The van der Waals surface area contributed by atoms with Crippen molar-refractivity contribution in [1.82, 2.24) is 9.55 Å². The molecule has 3 aromatic rings. The molecule has 108 valence electrons. The van der Waals surface area contributed by atoms with Crippen molar-refractivity contribution in [3.8, 4) is 11.6 Å². The summed E-state index contributed by atoms with van der Waals surface area (Å²) >= 11 is 1.68. The number of hydrogen-bond acceptors (Lipinski definition) is 3. The molecule has 0 atom stereocenters. The van der Waals surface area contributed by atoms with E-state index >= 15 is 0 Å². The Kier molecular flexibility index (Phi) is 3.75. The monoisotopic (exact) mass is 300 g/mol. The topological polar surface area (TPSA) is 58.0 Å². The fourth-order valence-electron chi connectivity index (χ4n) is 2.48. The van der Waals surface area contributed by atoms with E-state index in [1.54, 1.807) is 11.8 Å². The van der Waals surface area contributed by atoms with Gasteiger partial charge >= 0.3 is 5.69 Å². The number of hydrogen-bond donors (Lipinski definition) is 2. The third-order valence-corrected chi connectivity index (χ3v) is 4.12. The molecule has 0 bridgehead atoms. The van der Waals surface area contributed by atoms with Crippen LogP contribution >= 0.6 is 11.8 Å². The molecule has 4 nitrogen and oxygen atoms in total. The maximum Gasteiger partial charge on any atom is 0.333 e. The summed E-state index contributed by atoms with van der Waals surface area (Å²) in [5, 5.41) is 12.3. The molecular weight excluding hydrogens is 284 g/mol. The number of aromatic amines is 1. The minimum atomic E-state index is -0.306. The van der Waals surface area contributed by atoms with E-state index in [4.69, 9.17) is 0 Å². The van der Waals surface area contributed by atoms with Crippen LogP contribution in [0.1, 0.15) is 5.69 Å². The second-order valence-corrected chi connectivity index (χ2v) is 5.79. The zero-order valence-electron chi connectivity index (χ0n) is 11.7. The number of nitrogens with zero attached hydrogens (tertiary/aromatic N) is 1. The van der Waals surface area contributed by atoms with Gasteiger partial charge in [-0.25, -0.2) is 9.36 Å². The Morgan fingerprint density at radius 2 is 1.95 bits per heavy atom. The van der Waals surface area contributed by atoms with Gasteiger partial charge in [0.2, 0.25) is 5.88 Å². The molecule has 1 heterocycles. The van der Waals surface area contributed by atoms with Crippen molar-refractivity contribution in [2.45, 2.75) is 6.42 Å². The summed E-state index contributed by atoms with van der Waals surface area (Å²) in [6.07, 6.45) is 2.64. The third kappa shape index (κ3) is 2.45. The van der Waals surface area contributed by atoms with Crippen molar-refractivity contribution in [1.29, 1.82) is 0 Å². The standard InChI is InChI=1S/C16H16N2O2S/c1-21-10-9-13-15(19)18(16(20)17-13)14-8-4-6-11-5-2-3-7-12(11)14/h2-8,19H,9-10H2,1H3,(H,17,20). The minimum absolute atomic E-state index is 0.00500. The molecule has 0 radical (unpaired) electrons. The van der Waals surface area contributed by atoms with Gasteiger partial charge in [-0.05, 0) is 23.5 Å². The molecule has 0 aliphatic heterocycles. The number of fused-ring (bicyclic) bond motifs is 1. The van der Waals surface area contributed by atoms with Crippen LogP contribution in [0.3, 0.4) is 0 Å². The Morgan fingerprint density at radius 3 is 2.76 bits per heavy atom. The number of aromatic hydroxyl groups is 1. The molecule has 3 rings (SSSR count). The minimum Gasteiger partial charge on any atom is -0.493 e. The van der Waals surface area contributed by atoms with Gasteiger partial charge in [0, 0.05) is 11.8 Å². The van der Waals surface area contributed by atoms with Crippen LogP contribution < -0.4 is 5.69 Å². The molecule has 0 aliphatic rings. The van der Waals surface area contributed by atoms with Crippen molar-refractivity contribution in [3.63, 3.8) is 0 Å². The van der Waals surface area contributed by atoms with Gasteiger partial charge in [-0.15, -0.1) is 0 Å². The molecule has 5 heteroatoms. The third-order valence-electron chi connectivity index (χ3n) is 3.51. The van der Waals surface area contributed by atoms with E-state index < -0.39 is 0 Å². The van der Waals surface area contributed by atoms with Crippen molar-refractivity contribution in [2.24, 2.45) is 0 Å². The predicted octanol–water partition coefficient (Wildman–Crippen LogP) is 2.93. The van der Waals surface area contributed by atoms with E-state index in [9.17, 15) is 9.90 Å². The van der Waals surface area contributed by atoms with Gasteiger partial charge in [-0.1, -0.05) is 36.4 Å². The Hall–Kier alpha value is -2.14. The van der Waals surface area contributed by atoms with E-state index in [1.807, 2.05) is 48.7 Å². The van der Waals surface area contributed by atoms with Gasteiger partial charge in [0.05, 0.1) is 11.4 Å². The first-order valence-corrected chi connectivity index (χ1v) is 8.11. The van der Waals surface area contributed by atoms with E-state index in [2.05, 4.69) is 4.98 Å². The van der Waals surface area contributed by atoms with Crippen LogP contribution in [0.25, 0.3) is 16.5 Å². The van der Waals surface area contributed by atoms with Gasteiger partial charge in [0.1, 0.15) is 0 Å². The van der Waals surface area contributed by atoms with Crippen LogP contribution in [0.15, 0.2) is 47.3 Å². The van der Waals surface area contributed by atoms with Crippen molar-refractivity contribution in [3.05, 3.63) is 58.6 Å². The normalized spacial score (nSPS) is 11.1. The highest BCUT2D eigenvalue weighted by molar-refractivity contribution is 7.98. The number of nitrogens with one attached hydrogen (secondary N) is 1. The molecule has 1 aromatic heterocycles. The van der Waals surface area contributed by atoms with E-state index in [0.29, 0.717) is 17.8 Å². The fourth-order valence-corrected chi connectivity index (χ4v) is 2.89. The first kappa shape index (κ1) is 13.8. The highest BCUT2D eigenvalue weighted by Gasteiger charge is 2.15. The number of imidazole rings is 1. The van der Waals surface area contributed by atoms with Crippen molar-refractivity contribution in [2.75, 3.05) is 12.0 Å². The van der Waals surface area contributed by atoms with Crippen molar-refractivity contribution < 1.29 is 5.11 Å². The molecule has 21 heavy (non-hydrogen) atoms. The maximum absolute atomic E-state index is 12.2. The molecule has 0 saturated carbocycles. The van der Waals surface area contributed by atoms with Crippen LogP contribution in [-0.2, 0) is 6.42 Å². The average molecular weight is 300 g/mol. The summed E-state index contributed by atoms with van der Waals surface area (Å²) in [6.45, 7) is 0. The fraction of sp³-hybridized carbons (Fsp3) is 0.188. The Morgan fingerprint density at radius 1 is 1.19 bits per heavy atom. The van der Waals surface area contributed by atoms with Gasteiger partial charge in [0.15, 0.2) is 0 Å². The molecule has 0 unspecified atom stereocenters.